The molecule has 1 aliphatic carbocycles. The molecule has 3 rings (SSSR count). The van der Waals surface area contributed by atoms with Gasteiger partial charge in [-0.25, -0.2) is 9.37 Å². The van der Waals surface area contributed by atoms with E-state index in [0.717, 1.165) is 6.42 Å². The minimum atomic E-state index is -0.923. The van der Waals surface area contributed by atoms with Crippen LogP contribution in [0.1, 0.15) is 46.7 Å². The quantitative estimate of drug-likeness (QED) is 0.841. The second kappa shape index (κ2) is 6.68. The van der Waals surface area contributed by atoms with Gasteiger partial charge in [-0.1, -0.05) is 18.2 Å². The minimum absolute atomic E-state index is 0.0784. The first-order valence-electron chi connectivity index (χ1n) is 7.70. The maximum Gasteiger partial charge on any atom is 0.305 e. The molecule has 0 saturated heterocycles. The molecule has 0 radical (unpaired) electrons. The molecular weight excluding hydrogens is 331 g/mol. The van der Waals surface area contributed by atoms with E-state index in [4.69, 9.17) is 5.11 Å². The molecule has 1 aromatic carbocycles. The Morgan fingerprint density at radius 2 is 2.08 bits per heavy atom. The molecule has 1 aliphatic rings. The second-order valence-corrected chi connectivity index (χ2v) is 7.00. The molecular formula is C17H17FN2O3S. The number of carbonyl (C=O) groups excluding carboxylic acids is 1. The smallest absolute Gasteiger partial charge is 0.305 e. The number of nitrogens with one attached hydrogen (secondary N) is 1. The number of aromatic nitrogens is 1. The number of rotatable bonds is 6. The summed E-state index contributed by atoms with van der Waals surface area (Å²) in [5.74, 6) is -1.59. The third-order valence-electron chi connectivity index (χ3n) is 4.26. The number of aliphatic carboxylic acids is 1. The first-order valence-corrected chi connectivity index (χ1v) is 8.57. The van der Waals surface area contributed by atoms with E-state index in [9.17, 15) is 14.0 Å². The fourth-order valence-electron chi connectivity index (χ4n) is 2.84. The lowest BCUT2D eigenvalue weighted by atomic mass is 9.74. The minimum Gasteiger partial charge on any atom is -0.481 e. The van der Waals surface area contributed by atoms with Crippen LogP contribution in [0.2, 0.25) is 0 Å². The van der Waals surface area contributed by atoms with Crippen LogP contribution in [0.3, 0.4) is 0 Å². The predicted octanol–water partition coefficient (Wildman–Crippen LogP) is 3.00. The van der Waals surface area contributed by atoms with Crippen molar-refractivity contribution in [3.05, 3.63) is 51.7 Å². The van der Waals surface area contributed by atoms with Gasteiger partial charge in [-0.2, -0.15) is 0 Å². The van der Waals surface area contributed by atoms with Crippen molar-refractivity contribution >= 4 is 23.2 Å². The molecule has 1 heterocycles. The Labute approximate surface area is 142 Å². The maximum atomic E-state index is 13.7. The lowest BCUT2D eigenvalue weighted by Crippen LogP contribution is -2.54. The molecule has 0 bridgehead atoms. The normalized spacial score (nSPS) is 15.5. The number of carboxylic acid groups (broad SMARTS) is 1. The monoisotopic (exact) mass is 348 g/mol. The highest BCUT2D eigenvalue weighted by Crippen LogP contribution is 2.35. The zero-order valence-corrected chi connectivity index (χ0v) is 13.7. The number of carboxylic acids is 1. The van der Waals surface area contributed by atoms with Gasteiger partial charge >= 0.3 is 5.97 Å². The topological polar surface area (TPSA) is 79.3 Å². The van der Waals surface area contributed by atoms with E-state index in [1.165, 1.54) is 17.4 Å². The summed E-state index contributed by atoms with van der Waals surface area (Å²) >= 11 is 1.29. The highest BCUT2D eigenvalue weighted by atomic mass is 32.1. The number of carbonyl (C=O) groups is 2. The van der Waals surface area contributed by atoms with E-state index in [1.54, 1.807) is 23.6 Å². The van der Waals surface area contributed by atoms with Crippen molar-refractivity contribution in [1.82, 2.24) is 10.3 Å². The molecule has 5 nitrogen and oxygen atoms in total. The average molecular weight is 348 g/mol. The molecule has 1 saturated carbocycles. The summed E-state index contributed by atoms with van der Waals surface area (Å²) in [6.45, 7) is 0. The van der Waals surface area contributed by atoms with Crippen LogP contribution >= 0.6 is 11.3 Å². The Balaban J connectivity index is 1.68. The van der Waals surface area contributed by atoms with E-state index < -0.39 is 11.5 Å². The number of nitrogens with zero attached hydrogens (tertiary/aromatic N) is 1. The van der Waals surface area contributed by atoms with Crippen molar-refractivity contribution in [1.29, 1.82) is 0 Å². The summed E-state index contributed by atoms with van der Waals surface area (Å²) in [5, 5.41) is 14.1. The molecule has 1 amide bonds. The number of hydrogen-bond acceptors (Lipinski definition) is 4. The Bertz CT molecular complexity index is 771. The van der Waals surface area contributed by atoms with Crippen LogP contribution in [-0.4, -0.2) is 27.5 Å². The van der Waals surface area contributed by atoms with E-state index in [2.05, 4.69) is 10.3 Å². The van der Waals surface area contributed by atoms with Gasteiger partial charge in [0, 0.05) is 11.8 Å². The Morgan fingerprint density at radius 3 is 2.71 bits per heavy atom. The van der Waals surface area contributed by atoms with Crippen LogP contribution in [0.5, 0.6) is 0 Å². The molecule has 0 unspecified atom stereocenters. The molecule has 1 aromatic heterocycles. The second-order valence-electron chi connectivity index (χ2n) is 6.05. The molecule has 2 aromatic rings. The maximum absolute atomic E-state index is 13.7. The summed E-state index contributed by atoms with van der Waals surface area (Å²) in [6, 6.07) is 6.46. The SMILES string of the molecule is O=C(O)CC1(NC(=O)c2csc(Cc3ccccc3F)n2)CCC1. The van der Waals surface area contributed by atoms with Crippen molar-refractivity contribution in [2.45, 2.75) is 37.6 Å². The van der Waals surface area contributed by atoms with Gasteiger partial charge in [-0.05, 0) is 30.9 Å². The van der Waals surface area contributed by atoms with Crippen molar-refractivity contribution < 1.29 is 19.1 Å². The summed E-state index contributed by atoms with van der Waals surface area (Å²) in [5.41, 5.74) is 0.126. The molecule has 7 heteroatoms. The Hall–Kier alpha value is -2.28. The number of hydrogen-bond donors (Lipinski definition) is 2. The Kier molecular flexibility index (Phi) is 4.62. The predicted molar refractivity (Wildman–Crippen MR) is 87.6 cm³/mol. The standard InChI is InChI=1S/C17H17FN2O3S/c18-12-5-2-1-4-11(12)8-14-19-13(10-24-14)16(23)20-17(6-3-7-17)9-15(21)22/h1-2,4-5,10H,3,6-9H2,(H,20,23)(H,21,22). The van der Waals surface area contributed by atoms with Crippen LogP contribution in [0.4, 0.5) is 4.39 Å². The van der Waals surface area contributed by atoms with E-state index in [0.29, 0.717) is 29.8 Å². The zero-order valence-electron chi connectivity index (χ0n) is 12.9. The van der Waals surface area contributed by atoms with Crippen molar-refractivity contribution in [3.63, 3.8) is 0 Å². The number of benzene rings is 1. The third kappa shape index (κ3) is 3.62. The van der Waals surface area contributed by atoms with Crippen LogP contribution < -0.4 is 5.32 Å². The average Bonchev–Trinajstić information content (AvgIpc) is 2.95. The number of halogens is 1. The molecule has 1 fully saturated rings. The van der Waals surface area contributed by atoms with Crippen LogP contribution in [0.25, 0.3) is 0 Å². The van der Waals surface area contributed by atoms with Crippen molar-refractivity contribution in [2.24, 2.45) is 0 Å². The first-order chi connectivity index (χ1) is 11.5. The van der Waals surface area contributed by atoms with E-state index in [1.807, 2.05) is 0 Å². The summed E-state index contributed by atoms with van der Waals surface area (Å²) in [4.78, 5) is 27.6. The summed E-state index contributed by atoms with van der Waals surface area (Å²) in [7, 11) is 0. The lowest BCUT2D eigenvalue weighted by Gasteiger charge is -2.41. The molecule has 0 aliphatic heterocycles. The van der Waals surface area contributed by atoms with Crippen LogP contribution in [0.15, 0.2) is 29.6 Å². The number of thiazole rings is 1. The van der Waals surface area contributed by atoms with Gasteiger partial charge in [0.25, 0.3) is 5.91 Å². The van der Waals surface area contributed by atoms with E-state index in [-0.39, 0.29) is 23.8 Å². The van der Waals surface area contributed by atoms with Crippen LogP contribution in [0, 0.1) is 5.82 Å². The van der Waals surface area contributed by atoms with E-state index >= 15 is 0 Å². The molecule has 24 heavy (non-hydrogen) atoms. The van der Waals surface area contributed by atoms with Gasteiger partial charge in [-0.15, -0.1) is 11.3 Å². The molecule has 0 spiro atoms. The van der Waals surface area contributed by atoms with Gasteiger partial charge in [0.2, 0.25) is 0 Å². The fourth-order valence-corrected chi connectivity index (χ4v) is 3.64. The highest BCUT2D eigenvalue weighted by molar-refractivity contribution is 7.09. The lowest BCUT2D eigenvalue weighted by molar-refractivity contribution is -0.139. The van der Waals surface area contributed by atoms with Crippen molar-refractivity contribution in [3.8, 4) is 0 Å². The fraction of sp³-hybridized carbons (Fsp3) is 0.353. The zero-order chi connectivity index (χ0) is 17.2. The number of amides is 1. The molecule has 126 valence electrons. The third-order valence-corrected chi connectivity index (χ3v) is 5.11. The van der Waals surface area contributed by atoms with Crippen LogP contribution in [-0.2, 0) is 11.2 Å². The Morgan fingerprint density at radius 1 is 1.33 bits per heavy atom. The first kappa shape index (κ1) is 16.6. The van der Waals surface area contributed by atoms with Gasteiger partial charge in [0.15, 0.2) is 0 Å². The van der Waals surface area contributed by atoms with Crippen molar-refractivity contribution in [2.75, 3.05) is 0 Å². The van der Waals surface area contributed by atoms with Gasteiger partial charge < -0.3 is 10.4 Å². The van der Waals surface area contributed by atoms with Gasteiger partial charge in [0.1, 0.15) is 11.5 Å². The largest absolute Gasteiger partial charge is 0.481 e. The molecule has 0 atom stereocenters. The summed E-state index contributed by atoms with van der Waals surface area (Å²) < 4.78 is 13.7. The van der Waals surface area contributed by atoms with Gasteiger partial charge in [0.05, 0.1) is 17.0 Å². The highest BCUT2D eigenvalue weighted by Gasteiger charge is 2.40. The summed E-state index contributed by atoms with van der Waals surface area (Å²) in [6.07, 6.45) is 2.48. The molecule has 2 N–H and O–H groups in total. The van der Waals surface area contributed by atoms with Gasteiger partial charge in [-0.3, -0.25) is 9.59 Å².